The molecule has 0 saturated carbocycles. The van der Waals surface area contributed by atoms with Gasteiger partial charge in [0.05, 0.1) is 17.0 Å². The van der Waals surface area contributed by atoms with Crippen LogP contribution in [0, 0.1) is 9.39 Å². The highest BCUT2D eigenvalue weighted by Gasteiger charge is 2.29. The van der Waals surface area contributed by atoms with Gasteiger partial charge in [-0.3, -0.25) is 4.79 Å². The lowest BCUT2D eigenvalue weighted by Gasteiger charge is -2.20. The zero-order chi connectivity index (χ0) is 21.5. The smallest absolute Gasteiger partial charge is 0.258 e. The summed E-state index contributed by atoms with van der Waals surface area (Å²) in [6, 6.07) is 20.0. The normalized spacial score (nSPS) is 14.9. The van der Waals surface area contributed by atoms with E-state index in [0.29, 0.717) is 22.5 Å². The van der Waals surface area contributed by atoms with Crippen LogP contribution in [0.25, 0.3) is 11.3 Å². The zero-order valence-electron chi connectivity index (χ0n) is 16.6. The van der Waals surface area contributed by atoms with Crippen LogP contribution in [-0.2, 0) is 10.3 Å². The van der Waals surface area contributed by atoms with Crippen molar-refractivity contribution < 1.29 is 9.18 Å². The van der Waals surface area contributed by atoms with E-state index in [1.807, 2.05) is 62.4 Å². The van der Waals surface area contributed by atoms with Gasteiger partial charge in [0.2, 0.25) is 0 Å². The Bertz CT molecular complexity index is 1160. The van der Waals surface area contributed by atoms with E-state index in [1.54, 1.807) is 6.07 Å². The second-order valence-corrected chi connectivity index (χ2v) is 9.07. The molecule has 3 aromatic carbocycles. The maximum absolute atomic E-state index is 13.7. The Morgan fingerprint density at radius 3 is 2.47 bits per heavy atom. The molecule has 1 heterocycles. The van der Waals surface area contributed by atoms with Gasteiger partial charge >= 0.3 is 0 Å². The average molecular weight is 513 g/mol. The van der Waals surface area contributed by atoms with E-state index in [2.05, 4.69) is 33.2 Å². The van der Waals surface area contributed by atoms with Gasteiger partial charge in [-0.1, -0.05) is 24.3 Å². The van der Waals surface area contributed by atoms with Crippen LogP contribution in [0.2, 0.25) is 0 Å². The lowest BCUT2D eigenvalue weighted by molar-refractivity contribution is -0.110. The van der Waals surface area contributed by atoms with E-state index < -0.39 is 5.54 Å². The molecule has 152 valence electrons. The lowest BCUT2D eigenvalue weighted by Crippen LogP contribution is -2.28. The standard InChI is InChI=1S/C24H21FIN3O/c1-24(2,27)15-6-9-18(10-7-15)28-22(14-4-3-5-17(26)12-14)21-19-11-8-16(25)13-20(19)29-23(21)30/h3-13,28H,27H2,1-2H3,(H,29,30)/b22-21-. The highest BCUT2D eigenvalue weighted by Crippen LogP contribution is 2.38. The van der Waals surface area contributed by atoms with Gasteiger partial charge in [0.25, 0.3) is 5.91 Å². The molecule has 4 N–H and O–H groups in total. The molecule has 1 aliphatic rings. The van der Waals surface area contributed by atoms with Crippen molar-refractivity contribution in [2.75, 3.05) is 10.6 Å². The number of nitrogens with one attached hydrogen (secondary N) is 2. The van der Waals surface area contributed by atoms with Gasteiger partial charge in [0.15, 0.2) is 0 Å². The summed E-state index contributed by atoms with van der Waals surface area (Å²) in [6.45, 7) is 3.90. The molecule has 0 atom stereocenters. The minimum Gasteiger partial charge on any atom is -0.354 e. The molecule has 1 aliphatic heterocycles. The number of fused-ring (bicyclic) bond motifs is 1. The first kappa shape index (κ1) is 20.6. The van der Waals surface area contributed by atoms with E-state index in [1.165, 1.54) is 12.1 Å². The number of anilines is 2. The monoisotopic (exact) mass is 513 g/mol. The van der Waals surface area contributed by atoms with Gasteiger partial charge < -0.3 is 16.4 Å². The summed E-state index contributed by atoms with van der Waals surface area (Å²) < 4.78 is 14.7. The molecule has 4 nitrogen and oxygen atoms in total. The number of amides is 1. The van der Waals surface area contributed by atoms with Crippen molar-refractivity contribution in [1.29, 1.82) is 0 Å². The van der Waals surface area contributed by atoms with Crippen LogP contribution in [0.1, 0.15) is 30.5 Å². The van der Waals surface area contributed by atoms with E-state index in [4.69, 9.17) is 5.73 Å². The summed E-state index contributed by atoms with van der Waals surface area (Å²) in [7, 11) is 0. The molecule has 6 heteroatoms. The van der Waals surface area contributed by atoms with E-state index in [0.717, 1.165) is 20.4 Å². The first-order valence-electron chi connectivity index (χ1n) is 9.50. The van der Waals surface area contributed by atoms with Crippen LogP contribution in [0.4, 0.5) is 15.8 Å². The van der Waals surface area contributed by atoms with E-state index in [-0.39, 0.29) is 11.7 Å². The molecular weight excluding hydrogens is 492 g/mol. The summed E-state index contributed by atoms with van der Waals surface area (Å²) in [5.41, 5.74) is 10.7. The Morgan fingerprint density at radius 1 is 1.07 bits per heavy atom. The second kappa shape index (κ2) is 7.85. The van der Waals surface area contributed by atoms with Gasteiger partial charge in [-0.05, 0) is 90.0 Å². The highest BCUT2D eigenvalue weighted by atomic mass is 127. The zero-order valence-corrected chi connectivity index (χ0v) is 18.7. The van der Waals surface area contributed by atoms with E-state index in [9.17, 15) is 9.18 Å². The second-order valence-electron chi connectivity index (χ2n) is 7.83. The van der Waals surface area contributed by atoms with Crippen molar-refractivity contribution in [3.8, 4) is 0 Å². The number of hydrogen-bond acceptors (Lipinski definition) is 3. The van der Waals surface area contributed by atoms with Crippen LogP contribution in [-0.4, -0.2) is 5.91 Å². The number of benzene rings is 3. The molecule has 0 fully saturated rings. The lowest BCUT2D eigenvalue weighted by atomic mass is 9.95. The Labute approximate surface area is 188 Å². The first-order chi connectivity index (χ1) is 14.2. The topological polar surface area (TPSA) is 67.1 Å². The van der Waals surface area contributed by atoms with Crippen LogP contribution in [0.3, 0.4) is 0 Å². The van der Waals surface area contributed by atoms with Crippen LogP contribution in [0.5, 0.6) is 0 Å². The Kier molecular flexibility index (Phi) is 5.38. The van der Waals surface area contributed by atoms with Crippen LogP contribution in [0.15, 0.2) is 66.7 Å². The van der Waals surface area contributed by atoms with Crippen molar-refractivity contribution in [1.82, 2.24) is 0 Å². The predicted molar refractivity (Wildman–Crippen MR) is 128 cm³/mol. The SMILES string of the molecule is CC(C)(N)c1ccc(N/C(=C2\C(=O)Nc3cc(F)ccc32)c2cccc(I)c2)cc1. The Morgan fingerprint density at radius 2 is 1.80 bits per heavy atom. The molecule has 0 radical (unpaired) electrons. The molecule has 0 spiro atoms. The maximum Gasteiger partial charge on any atom is 0.258 e. The highest BCUT2D eigenvalue weighted by molar-refractivity contribution is 14.1. The van der Waals surface area contributed by atoms with Crippen molar-refractivity contribution in [2.24, 2.45) is 5.73 Å². The van der Waals surface area contributed by atoms with Crippen molar-refractivity contribution in [2.45, 2.75) is 19.4 Å². The first-order valence-corrected chi connectivity index (χ1v) is 10.6. The molecule has 0 aromatic heterocycles. The van der Waals surface area contributed by atoms with Gasteiger partial charge in [-0.15, -0.1) is 0 Å². The molecule has 4 rings (SSSR count). The van der Waals surface area contributed by atoms with Crippen LogP contribution >= 0.6 is 22.6 Å². The minimum absolute atomic E-state index is 0.267. The summed E-state index contributed by atoms with van der Waals surface area (Å²) in [5, 5.41) is 6.18. The maximum atomic E-state index is 13.7. The average Bonchev–Trinajstić information content (AvgIpc) is 3.00. The Balaban J connectivity index is 1.85. The van der Waals surface area contributed by atoms with E-state index >= 15 is 0 Å². The molecule has 0 saturated heterocycles. The number of hydrogen-bond donors (Lipinski definition) is 3. The molecule has 0 unspecified atom stereocenters. The molecule has 3 aromatic rings. The third kappa shape index (κ3) is 4.11. The van der Waals surface area contributed by atoms with Gasteiger partial charge in [0, 0.05) is 20.4 Å². The fourth-order valence-corrected chi connectivity index (χ4v) is 3.99. The molecule has 1 amide bonds. The van der Waals surface area contributed by atoms with Crippen molar-refractivity contribution in [3.63, 3.8) is 0 Å². The third-order valence-electron chi connectivity index (χ3n) is 4.99. The van der Waals surface area contributed by atoms with Gasteiger partial charge in [-0.2, -0.15) is 0 Å². The number of carbonyl (C=O) groups excluding carboxylic acids is 1. The Hall–Kier alpha value is -2.71. The third-order valence-corrected chi connectivity index (χ3v) is 5.66. The number of halogens is 2. The summed E-state index contributed by atoms with van der Waals surface area (Å²) in [5.74, 6) is -0.657. The largest absolute Gasteiger partial charge is 0.354 e. The number of rotatable bonds is 4. The predicted octanol–water partition coefficient (Wildman–Crippen LogP) is 5.56. The summed E-state index contributed by atoms with van der Waals surface area (Å²) in [6.07, 6.45) is 0. The molecule has 0 bridgehead atoms. The van der Waals surface area contributed by atoms with Crippen LogP contribution < -0.4 is 16.4 Å². The summed E-state index contributed by atoms with van der Waals surface area (Å²) in [4.78, 5) is 12.9. The number of nitrogens with two attached hydrogens (primary N) is 1. The number of carbonyl (C=O) groups is 1. The quantitative estimate of drug-likeness (QED) is 0.316. The van der Waals surface area contributed by atoms with Crippen molar-refractivity contribution in [3.05, 3.63) is 92.8 Å². The fraction of sp³-hybridized carbons (Fsp3) is 0.125. The summed E-state index contributed by atoms with van der Waals surface area (Å²) >= 11 is 2.24. The molecular formula is C24H21FIN3O. The van der Waals surface area contributed by atoms with Gasteiger partial charge in [-0.25, -0.2) is 4.39 Å². The molecule has 0 aliphatic carbocycles. The minimum atomic E-state index is -0.441. The van der Waals surface area contributed by atoms with Gasteiger partial charge in [0.1, 0.15) is 5.82 Å². The van der Waals surface area contributed by atoms with Crippen molar-refractivity contribution >= 4 is 51.1 Å². The fourth-order valence-electron chi connectivity index (χ4n) is 3.44. The molecule has 30 heavy (non-hydrogen) atoms.